The predicted molar refractivity (Wildman–Crippen MR) is 101 cm³/mol. The Kier molecular flexibility index (Phi) is 4.63. The molecule has 2 N–H and O–H groups in total. The number of benzene rings is 1. The first-order chi connectivity index (χ1) is 12.3. The summed E-state index contributed by atoms with van der Waals surface area (Å²) >= 11 is 0. The van der Waals surface area contributed by atoms with E-state index < -0.39 is 0 Å². The third-order valence-electron chi connectivity index (χ3n) is 4.80. The molecule has 0 radical (unpaired) electrons. The summed E-state index contributed by atoms with van der Waals surface area (Å²) < 4.78 is 0. The summed E-state index contributed by atoms with van der Waals surface area (Å²) in [5, 5.41) is 4.73. The van der Waals surface area contributed by atoms with Crippen molar-refractivity contribution >= 4 is 16.9 Å². The number of nitrogens with one attached hydrogen (secondary N) is 2. The Morgan fingerprint density at radius 1 is 1.04 bits per heavy atom. The van der Waals surface area contributed by atoms with E-state index in [4.69, 9.17) is 0 Å². The zero-order chi connectivity index (χ0) is 17.1. The second-order valence-electron chi connectivity index (χ2n) is 6.64. The molecule has 1 aliphatic heterocycles. The van der Waals surface area contributed by atoms with Crippen LogP contribution in [0.3, 0.4) is 0 Å². The quantitative estimate of drug-likeness (QED) is 0.746. The van der Waals surface area contributed by atoms with E-state index in [-0.39, 0.29) is 0 Å². The number of anilines is 1. The number of aromatic nitrogens is 3. The third kappa shape index (κ3) is 3.65. The van der Waals surface area contributed by atoms with Crippen molar-refractivity contribution in [3.8, 4) is 0 Å². The SMILES string of the molecule is CN1CCN(c2ncc(CNCc3cccc4cc[nH]c34)cn2)CC1. The standard InChI is InChI=1S/C19H24N6/c1-24-7-9-25(10-8-24)19-22-12-15(13-23-19)11-20-14-17-4-2-3-16-5-6-21-18(16)17/h2-6,12-13,20-21H,7-11,14H2,1H3. The fourth-order valence-corrected chi connectivity index (χ4v) is 3.25. The fraction of sp³-hybridized carbons (Fsp3) is 0.368. The molecule has 3 aromatic rings. The van der Waals surface area contributed by atoms with Crippen molar-refractivity contribution in [3.63, 3.8) is 0 Å². The van der Waals surface area contributed by atoms with Crippen LogP contribution in [0.1, 0.15) is 11.1 Å². The Morgan fingerprint density at radius 2 is 1.84 bits per heavy atom. The predicted octanol–water partition coefficient (Wildman–Crippen LogP) is 2.00. The molecule has 1 fully saturated rings. The molecular weight excluding hydrogens is 312 g/mol. The van der Waals surface area contributed by atoms with Crippen molar-refractivity contribution in [3.05, 3.63) is 54.0 Å². The number of aromatic amines is 1. The molecule has 25 heavy (non-hydrogen) atoms. The van der Waals surface area contributed by atoms with Crippen LogP contribution in [0.2, 0.25) is 0 Å². The Morgan fingerprint density at radius 3 is 2.64 bits per heavy atom. The first kappa shape index (κ1) is 16.1. The highest BCUT2D eigenvalue weighted by molar-refractivity contribution is 5.82. The molecule has 4 rings (SSSR count). The van der Waals surface area contributed by atoms with E-state index in [2.05, 4.69) is 61.4 Å². The molecule has 1 saturated heterocycles. The molecule has 0 unspecified atom stereocenters. The summed E-state index contributed by atoms with van der Waals surface area (Å²) in [6, 6.07) is 8.48. The highest BCUT2D eigenvalue weighted by Gasteiger charge is 2.16. The summed E-state index contributed by atoms with van der Waals surface area (Å²) in [6.07, 6.45) is 5.85. The number of para-hydroxylation sites is 1. The van der Waals surface area contributed by atoms with E-state index >= 15 is 0 Å². The number of piperazine rings is 1. The lowest BCUT2D eigenvalue weighted by Crippen LogP contribution is -2.45. The molecule has 0 amide bonds. The largest absolute Gasteiger partial charge is 0.361 e. The molecule has 130 valence electrons. The van der Waals surface area contributed by atoms with Crippen LogP contribution >= 0.6 is 0 Å². The molecule has 6 nitrogen and oxygen atoms in total. The van der Waals surface area contributed by atoms with Gasteiger partial charge in [0.2, 0.25) is 5.95 Å². The topological polar surface area (TPSA) is 60.1 Å². The molecule has 0 aliphatic carbocycles. The smallest absolute Gasteiger partial charge is 0.225 e. The first-order valence-corrected chi connectivity index (χ1v) is 8.80. The zero-order valence-electron chi connectivity index (χ0n) is 14.6. The van der Waals surface area contributed by atoms with E-state index in [1.807, 2.05) is 18.6 Å². The van der Waals surface area contributed by atoms with E-state index in [9.17, 15) is 0 Å². The molecule has 2 aromatic heterocycles. The van der Waals surface area contributed by atoms with Crippen molar-refractivity contribution < 1.29 is 0 Å². The maximum Gasteiger partial charge on any atom is 0.225 e. The summed E-state index contributed by atoms with van der Waals surface area (Å²) in [4.78, 5) is 17.0. The van der Waals surface area contributed by atoms with Crippen LogP contribution in [0.5, 0.6) is 0 Å². The van der Waals surface area contributed by atoms with E-state index in [1.54, 1.807) is 0 Å². The van der Waals surface area contributed by atoms with Gasteiger partial charge in [-0.15, -0.1) is 0 Å². The molecule has 1 aliphatic rings. The van der Waals surface area contributed by atoms with E-state index in [1.165, 1.54) is 16.5 Å². The molecule has 0 bridgehead atoms. The van der Waals surface area contributed by atoms with Crippen LogP contribution in [0.4, 0.5) is 5.95 Å². The van der Waals surface area contributed by atoms with Crippen molar-refractivity contribution in [2.75, 3.05) is 38.1 Å². The normalized spacial score (nSPS) is 15.8. The lowest BCUT2D eigenvalue weighted by molar-refractivity contribution is 0.311. The van der Waals surface area contributed by atoms with Gasteiger partial charge in [-0.25, -0.2) is 9.97 Å². The van der Waals surface area contributed by atoms with Crippen molar-refractivity contribution in [1.29, 1.82) is 0 Å². The Bertz CT molecular complexity index is 817. The Labute approximate surface area is 147 Å². The monoisotopic (exact) mass is 336 g/mol. The molecule has 6 heteroatoms. The molecule has 3 heterocycles. The maximum atomic E-state index is 4.54. The van der Waals surface area contributed by atoms with Crippen molar-refractivity contribution in [2.24, 2.45) is 0 Å². The maximum absolute atomic E-state index is 4.54. The highest BCUT2D eigenvalue weighted by Crippen LogP contribution is 2.17. The van der Waals surface area contributed by atoms with Gasteiger partial charge in [0.15, 0.2) is 0 Å². The fourth-order valence-electron chi connectivity index (χ4n) is 3.25. The molecule has 0 spiro atoms. The number of hydrogen-bond donors (Lipinski definition) is 2. The average Bonchev–Trinajstić information content (AvgIpc) is 3.13. The lowest BCUT2D eigenvalue weighted by Gasteiger charge is -2.32. The van der Waals surface area contributed by atoms with E-state index in [0.717, 1.165) is 50.8 Å². The van der Waals surface area contributed by atoms with Crippen molar-refractivity contribution in [1.82, 2.24) is 25.2 Å². The summed E-state index contributed by atoms with van der Waals surface area (Å²) in [7, 11) is 2.15. The van der Waals surface area contributed by atoms with Crippen LogP contribution in [-0.4, -0.2) is 53.1 Å². The third-order valence-corrected chi connectivity index (χ3v) is 4.80. The van der Waals surface area contributed by atoms with Gasteiger partial charge in [0.05, 0.1) is 0 Å². The van der Waals surface area contributed by atoms with E-state index in [0.29, 0.717) is 0 Å². The number of fused-ring (bicyclic) bond motifs is 1. The second-order valence-corrected chi connectivity index (χ2v) is 6.64. The van der Waals surface area contributed by atoms with Crippen LogP contribution < -0.4 is 10.2 Å². The first-order valence-electron chi connectivity index (χ1n) is 8.80. The number of rotatable bonds is 5. The average molecular weight is 336 g/mol. The van der Waals surface area contributed by atoms with Gasteiger partial charge in [-0.05, 0) is 24.1 Å². The minimum absolute atomic E-state index is 0.764. The number of likely N-dealkylation sites (N-methyl/N-ethyl adjacent to an activating group) is 1. The van der Waals surface area contributed by atoms with Crippen LogP contribution in [0, 0.1) is 0 Å². The summed E-state index contributed by atoms with van der Waals surface area (Å²) in [5.74, 6) is 0.841. The number of H-pyrrole nitrogens is 1. The van der Waals surface area contributed by atoms with Gasteiger partial charge < -0.3 is 20.1 Å². The van der Waals surface area contributed by atoms with Crippen molar-refractivity contribution in [2.45, 2.75) is 13.1 Å². The van der Waals surface area contributed by atoms with Gasteiger partial charge in [-0.2, -0.15) is 0 Å². The molecule has 0 saturated carbocycles. The second kappa shape index (κ2) is 7.21. The lowest BCUT2D eigenvalue weighted by atomic mass is 10.1. The Hall–Kier alpha value is -2.44. The molecule has 0 atom stereocenters. The van der Waals surface area contributed by atoms with Crippen LogP contribution in [0.25, 0.3) is 10.9 Å². The molecular formula is C19H24N6. The minimum Gasteiger partial charge on any atom is -0.361 e. The van der Waals surface area contributed by atoms with Gasteiger partial charge in [-0.3, -0.25) is 0 Å². The number of nitrogens with zero attached hydrogens (tertiary/aromatic N) is 4. The van der Waals surface area contributed by atoms with Gasteiger partial charge in [0, 0.05) is 68.9 Å². The summed E-state index contributed by atoms with van der Waals surface area (Å²) in [6.45, 7) is 5.70. The van der Waals surface area contributed by atoms with Gasteiger partial charge in [-0.1, -0.05) is 18.2 Å². The Balaban J connectivity index is 1.33. The minimum atomic E-state index is 0.764. The molecule has 1 aromatic carbocycles. The van der Waals surface area contributed by atoms with Gasteiger partial charge >= 0.3 is 0 Å². The van der Waals surface area contributed by atoms with Gasteiger partial charge in [0.25, 0.3) is 0 Å². The highest BCUT2D eigenvalue weighted by atomic mass is 15.3. The van der Waals surface area contributed by atoms with Crippen LogP contribution in [-0.2, 0) is 13.1 Å². The zero-order valence-corrected chi connectivity index (χ0v) is 14.6. The number of hydrogen-bond acceptors (Lipinski definition) is 5. The van der Waals surface area contributed by atoms with Crippen LogP contribution in [0.15, 0.2) is 42.9 Å². The van der Waals surface area contributed by atoms with Gasteiger partial charge in [0.1, 0.15) is 0 Å². The summed E-state index contributed by atoms with van der Waals surface area (Å²) in [5.41, 5.74) is 3.59.